The van der Waals surface area contributed by atoms with Crippen LogP contribution < -0.4 is 5.32 Å². The highest BCUT2D eigenvalue weighted by Gasteiger charge is 2.08. The summed E-state index contributed by atoms with van der Waals surface area (Å²) in [5, 5.41) is 3.82. The van der Waals surface area contributed by atoms with Gasteiger partial charge in [0.2, 0.25) is 0 Å². The van der Waals surface area contributed by atoms with E-state index in [0.29, 0.717) is 16.8 Å². The highest BCUT2D eigenvalue weighted by molar-refractivity contribution is 6.06. The van der Waals surface area contributed by atoms with Crippen LogP contribution >= 0.6 is 0 Å². The Morgan fingerprint density at radius 2 is 2.00 bits per heavy atom. The van der Waals surface area contributed by atoms with Gasteiger partial charge in [-0.2, -0.15) is 0 Å². The molecule has 4 heteroatoms. The van der Waals surface area contributed by atoms with Crippen molar-refractivity contribution in [1.29, 1.82) is 0 Å². The number of hydrogen-bond acceptors (Lipinski definition) is 1. The first-order valence-electron chi connectivity index (χ1n) is 6.28. The predicted octanol–water partition coefficient (Wildman–Crippen LogP) is 3.87. The maximum Gasteiger partial charge on any atom is 0.255 e. The average molecular weight is 268 g/mol. The molecule has 0 saturated heterocycles. The van der Waals surface area contributed by atoms with Crippen LogP contribution in [0.15, 0.2) is 48.7 Å². The van der Waals surface area contributed by atoms with Gasteiger partial charge in [0.15, 0.2) is 0 Å². The monoisotopic (exact) mass is 268 g/mol. The summed E-state index contributed by atoms with van der Waals surface area (Å²) >= 11 is 0. The number of rotatable bonds is 2. The van der Waals surface area contributed by atoms with Gasteiger partial charge in [-0.1, -0.05) is 6.07 Å². The molecule has 3 aromatic rings. The maximum atomic E-state index is 13.2. The molecule has 20 heavy (non-hydrogen) atoms. The first kappa shape index (κ1) is 12.4. The number of fused-ring (bicyclic) bond motifs is 1. The number of carbonyl (C=O) groups is 1. The van der Waals surface area contributed by atoms with E-state index in [9.17, 15) is 9.18 Å². The van der Waals surface area contributed by atoms with Crippen molar-refractivity contribution >= 4 is 22.5 Å². The molecule has 2 N–H and O–H groups in total. The Hall–Kier alpha value is -2.62. The summed E-state index contributed by atoms with van der Waals surface area (Å²) in [6.07, 6.45) is 1.83. The topological polar surface area (TPSA) is 44.9 Å². The quantitative estimate of drug-likeness (QED) is 0.728. The molecule has 0 aliphatic rings. The Morgan fingerprint density at radius 3 is 2.80 bits per heavy atom. The summed E-state index contributed by atoms with van der Waals surface area (Å²) in [7, 11) is 0. The van der Waals surface area contributed by atoms with Gasteiger partial charge in [-0.3, -0.25) is 4.79 Å². The van der Waals surface area contributed by atoms with E-state index < -0.39 is 0 Å². The van der Waals surface area contributed by atoms with Gasteiger partial charge in [0.1, 0.15) is 5.82 Å². The highest BCUT2D eigenvalue weighted by atomic mass is 19.1. The van der Waals surface area contributed by atoms with Crippen molar-refractivity contribution in [2.75, 3.05) is 5.32 Å². The summed E-state index contributed by atoms with van der Waals surface area (Å²) in [5.74, 6) is -0.497. The largest absolute Gasteiger partial charge is 0.361 e. The molecule has 0 aliphatic heterocycles. The Balaban J connectivity index is 1.86. The van der Waals surface area contributed by atoms with Crippen LogP contribution in [0.4, 0.5) is 10.1 Å². The number of carbonyl (C=O) groups excluding carboxylic acids is 1. The smallest absolute Gasteiger partial charge is 0.255 e. The molecule has 0 bridgehead atoms. The van der Waals surface area contributed by atoms with E-state index in [1.807, 2.05) is 18.3 Å². The van der Waals surface area contributed by atoms with Crippen molar-refractivity contribution in [2.24, 2.45) is 0 Å². The summed E-state index contributed by atoms with van der Waals surface area (Å²) in [6.45, 7) is 1.66. The number of nitrogens with one attached hydrogen (secondary N) is 2. The fraction of sp³-hybridized carbons (Fsp3) is 0.0625. The molecule has 0 saturated carbocycles. The molecule has 0 unspecified atom stereocenters. The number of aromatic nitrogens is 1. The molecule has 0 radical (unpaired) electrons. The SMILES string of the molecule is Cc1cc(NC(=O)c2ccc3cc[nH]c3c2)ccc1F. The standard InChI is InChI=1S/C16H13FN2O/c1-10-8-13(4-5-14(10)17)19-16(20)12-3-2-11-6-7-18-15(11)9-12/h2-9,18H,1H3,(H,19,20). The van der Waals surface area contributed by atoms with Gasteiger partial charge >= 0.3 is 0 Å². The van der Waals surface area contributed by atoms with Crippen LogP contribution in [0.3, 0.4) is 0 Å². The second-order valence-corrected chi connectivity index (χ2v) is 4.70. The first-order valence-corrected chi connectivity index (χ1v) is 6.28. The van der Waals surface area contributed by atoms with E-state index in [1.165, 1.54) is 6.07 Å². The molecular formula is C16H13FN2O. The fourth-order valence-electron chi connectivity index (χ4n) is 2.11. The van der Waals surface area contributed by atoms with Crippen LogP contribution in [-0.4, -0.2) is 10.9 Å². The number of aryl methyl sites for hydroxylation is 1. The van der Waals surface area contributed by atoms with E-state index in [4.69, 9.17) is 0 Å². The Kier molecular flexibility index (Phi) is 2.99. The van der Waals surface area contributed by atoms with Gasteiger partial charge in [-0.05, 0) is 54.3 Å². The van der Waals surface area contributed by atoms with E-state index in [2.05, 4.69) is 10.3 Å². The first-order chi connectivity index (χ1) is 9.63. The summed E-state index contributed by atoms with van der Waals surface area (Å²) in [5.41, 5.74) is 2.55. The zero-order valence-electron chi connectivity index (χ0n) is 10.9. The predicted molar refractivity (Wildman–Crippen MR) is 77.4 cm³/mol. The number of aromatic amines is 1. The van der Waals surface area contributed by atoms with Gasteiger partial charge in [-0.25, -0.2) is 4.39 Å². The molecule has 2 aromatic carbocycles. The van der Waals surface area contributed by atoms with Gasteiger partial charge in [0.25, 0.3) is 5.91 Å². The van der Waals surface area contributed by atoms with E-state index >= 15 is 0 Å². The molecule has 3 rings (SSSR count). The fourth-order valence-corrected chi connectivity index (χ4v) is 2.11. The second kappa shape index (κ2) is 4.81. The van der Waals surface area contributed by atoms with Crippen LogP contribution in [0, 0.1) is 12.7 Å². The third-order valence-corrected chi connectivity index (χ3v) is 3.23. The van der Waals surface area contributed by atoms with Crippen LogP contribution in [0.25, 0.3) is 10.9 Å². The molecule has 1 heterocycles. The average Bonchev–Trinajstić information content (AvgIpc) is 2.90. The summed E-state index contributed by atoms with van der Waals surface area (Å²) < 4.78 is 13.2. The Morgan fingerprint density at radius 1 is 1.15 bits per heavy atom. The third-order valence-electron chi connectivity index (χ3n) is 3.23. The maximum absolute atomic E-state index is 13.2. The molecular weight excluding hydrogens is 255 g/mol. The molecule has 0 atom stereocenters. The molecule has 0 aliphatic carbocycles. The van der Waals surface area contributed by atoms with Crippen LogP contribution in [0.2, 0.25) is 0 Å². The molecule has 0 fully saturated rings. The minimum absolute atomic E-state index is 0.215. The van der Waals surface area contributed by atoms with Gasteiger partial charge < -0.3 is 10.3 Å². The molecule has 100 valence electrons. The lowest BCUT2D eigenvalue weighted by atomic mass is 10.1. The summed E-state index contributed by atoms with van der Waals surface area (Å²) in [6, 6.07) is 11.9. The van der Waals surface area contributed by atoms with Crippen LogP contribution in [0.5, 0.6) is 0 Å². The zero-order chi connectivity index (χ0) is 14.1. The van der Waals surface area contributed by atoms with Crippen LogP contribution in [0.1, 0.15) is 15.9 Å². The Bertz CT molecular complexity index is 792. The van der Waals surface area contributed by atoms with Crippen molar-refractivity contribution in [3.05, 3.63) is 65.6 Å². The van der Waals surface area contributed by atoms with Gasteiger partial charge in [-0.15, -0.1) is 0 Å². The van der Waals surface area contributed by atoms with Crippen molar-refractivity contribution in [3.63, 3.8) is 0 Å². The molecule has 3 nitrogen and oxygen atoms in total. The van der Waals surface area contributed by atoms with Crippen molar-refractivity contribution in [1.82, 2.24) is 4.98 Å². The number of halogens is 1. The van der Waals surface area contributed by atoms with E-state index in [-0.39, 0.29) is 11.7 Å². The third kappa shape index (κ3) is 2.28. The van der Waals surface area contributed by atoms with Crippen molar-refractivity contribution in [3.8, 4) is 0 Å². The second-order valence-electron chi connectivity index (χ2n) is 4.70. The number of hydrogen-bond donors (Lipinski definition) is 2. The zero-order valence-corrected chi connectivity index (χ0v) is 10.9. The lowest BCUT2D eigenvalue weighted by molar-refractivity contribution is 0.102. The minimum atomic E-state index is -0.282. The molecule has 1 aromatic heterocycles. The Labute approximate surface area is 115 Å². The van der Waals surface area contributed by atoms with Crippen molar-refractivity contribution in [2.45, 2.75) is 6.92 Å². The number of benzene rings is 2. The van der Waals surface area contributed by atoms with E-state index in [1.54, 1.807) is 31.2 Å². The van der Waals surface area contributed by atoms with Crippen molar-refractivity contribution < 1.29 is 9.18 Å². The lowest BCUT2D eigenvalue weighted by Crippen LogP contribution is -2.11. The number of anilines is 1. The minimum Gasteiger partial charge on any atom is -0.361 e. The summed E-state index contributed by atoms with van der Waals surface area (Å²) in [4.78, 5) is 15.2. The number of amides is 1. The van der Waals surface area contributed by atoms with Gasteiger partial charge in [0, 0.05) is 23.0 Å². The molecule has 0 spiro atoms. The normalized spacial score (nSPS) is 10.7. The molecule has 1 amide bonds. The highest BCUT2D eigenvalue weighted by Crippen LogP contribution is 2.17. The van der Waals surface area contributed by atoms with E-state index in [0.717, 1.165) is 10.9 Å². The number of H-pyrrole nitrogens is 1. The lowest BCUT2D eigenvalue weighted by Gasteiger charge is -2.07. The van der Waals surface area contributed by atoms with Gasteiger partial charge in [0.05, 0.1) is 0 Å². The van der Waals surface area contributed by atoms with Crippen LogP contribution in [-0.2, 0) is 0 Å².